The predicted molar refractivity (Wildman–Crippen MR) is 65.6 cm³/mol. The molecule has 0 unspecified atom stereocenters. The van der Waals surface area contributed by atoms with E-state index >= 15 is 0 Å². The molecule has 2 aromatic rings. The summed E-state index contributed by atoms with van der Waals surface area (Å²) in [6.07, 6.45) is 0. The quantitative estimate of drug-likeness (QED) is 0.755. The van der Waals surface area contributed by atoms with Gasteiger partial charge in [0.15, 0.2) is 0 Å². The number of hydrogen-bond acceptors (Lipinski definition) is 2. The van der Waals surface area contributed by atoms with Gasteiger partial charge in [-0.05, 0) is 30.3 Å². The highest BCUT2D eigenvalue weighted by Crippen LogP contribution is 2.26. The lowest BCUT2D eigenvalue weighted by molar-refractivity contribution is 1.55. The van der Waals surface area contributed by atoms with E-state index in [1.807, 2.05) is 42.5 Å². The van der Waals surface area contributed by atoms with Crippen LogP contribution < -0.4 is 11.1 Å². The molecule has 0 heterocycles. The Labute approximate surface area is 93.7 Å². The number of benzene rings is 2. The molecular weight excluding hydrogens is 208 g/mol. The molecule has 76 valence electrons. The van der Waals surface area contributed by atoms with E-state index in [1.165, 1.54) is 0 Å². The molecule has 0 saturated heterocycles. The molecule has 3 N–H and O–H groups in total. The fraction of sp³-hybridized carbons (Fsp3) is 0. The molecule has 0 aliphatic carbocycles. The number of nitrogens with one attached hydrogen (secondary N) is 1. The molecular formula is C12H11ClN2. The highest BCUT2D eigenvalue weighted by Gasteiger charge is 2.00. The molecule has 0 spiro atoms. The summed E-state index contributed by atoms with van der Waals surface area (Å²) in [5, 5.41) is 3.84. The van der Waals surface area contributed by atoms with E-state index in [9.17, 15) is 0 Å². The Kier molecular flexibility index (Phi) is 2.79. The summed E-state index contributed by atoms with van der Waals surface area (Å²) in [4.78, 5) is 0. The van der Waals surface area contributed by atoms with E-state index in [-0.39, 0.29) is 0 Å². The first-order valence-corrected chi connectivity index (χ1v) is 5.00. The van der Waals surface area contributed by atoms with Gasteiger partial charge < -0.3 is 11.1 Å². The molecule has 2 rings (SSSR count). The van der Waals surface area contributed by atoms with Crippen molar-refractivity contribution in [1.29, 1.82) is 0 Å². The van der Waals surface area contributed by atoms with Gasteiger partial charge in [-0.25, -0.2) is 0 Å². The van der Waals surface area contributed by atoms with Crippen LogP contribution in [0.2, 0.25) is 5.02 Å². The Bertz CT molecular complexity index is 454. The van der Waals surface area contributed by atoms with Crippen molar-refractivity contribution >= 4 is 28.7 Å². The number of hydrogen-bond donors (Lipinski definition) is 2. The zero-order valence-corrected chi connectivity index (χ0v) is 8.83. The summed E-state index contributed by atoms with van der Waals surface area (Å²) in [6, 6.07) is 15.3. The first-order chi connectivity index (χ1) is 7.25. The molecule has 2 aromatic carbocycles. The van der Waals surface area contributed by atoms with Crippen molar-refractivity contribution in [2.75, 3.05) is 11.1 Å². The monoisotopic (exact) mass is 218 g/mol. The van der Waals surface area contributed by atoms with Crippen LogP contribution in [0, 0.1) is 0 Å². The van der Waals surface area contributed by atoms with Gasteiger partial charge >= 0.3 is 0 Å². The van der Waals surface area contributed by atoms with Gasteiger partial charge in [0.25, 0.3) is 0 Å². The van der Waals surface area contributed by atoms with E-state index in [0.717, 1.165) is 11.4 Å². The average molecular weight is 219 g/mol. The van der Waals surface area contributed by atoms with Crippen LogP contribution in [-0.4, -0.2) is 0 Å². The molecule has 0 amide bonds. The maximum atomic E-state index is 6.04. The van der Waals surface area contributed by atoms with Gasteiger partial charge in [0.05, 0.1) is 10.7 Å². The molecule has 0 aromatic heterocycles. The number of rotatable bonds is 2. The zero-order valence-electron chi connectivity index (χ0n) is 8.07. The van der Waals surface area contributed by atoms with Crippen LogP contribution in [0.3, 0.4) is 0 Å². The zero-order chi connectivity index (χ0) is 10.7. The average Bonchev–Trinajstić information content (AvgIpc) is 2.24. The maximum Gasteiger partial charge on any atom is 0.0661 e. The molecule has 2 nitrogen and oxygen atoms in total. The van der Waals surface area contributed by atoms with Gasteiger partial charge in [-0.2, -0.15) is 0 Å². The van der Waals surface area contributed by atoms with Crippen LogP contribution in [0.1, 0.15) is 0 Å². The standard InChI is InChI=1S/C12H11ClN2/c13-11-8-9(14)6-7-12(11)15-10-4-2-1-3-5-10/h1-8,15H,14H2. The summed E-state index contributed by atoms with van der Waals surface area (Å²) in [5.41, 5.74) is 8.14. The minimum Gasteiger partial charge on any atom is -0.399 e. The van der Waals surface area contributed by atoms with Crippen molar-refractivity contribution in [2.45, 2.75) is 0 Å². The second kappa shape index (κ2) is 4.24. The number of nitrogens with two attached hydrogens (primary N) is 1. The van der Waals surface area contributed by atoms with Gasteiger partial charge in [-0.15, -0.1) is 0 Å². The highest BCUT2D eigenvalue weighted by atomic mass is 35.5. The van der Waals surface area contributed by atoms with Gasteiger partial charge in [-0.1, -0.05) is 29.8 Å². The van der Waals surface area contributed by atoms with Gasteiger partial charge in [0.1, 0.15) is 0 Å². The normalized spacial score (nSPS) is 9.93. The summed E-state index contributed by atoms with van der Waals surface area (Å²) in [5.74, 6) is 0. The topological polar surface area (TPSA) is 38.0 Å². The highest BCUT2D eigenvalue weighted by molar-refractivity contribution is 6.33. The van der Waals surface area contributed by atoms with Crippen molar-refractivity contribution in [3.63, 3.8) is 0 Å². The summed E-state index contributed by atoms with van der Waals surface area (Å²) < 4.78 is 0. The van der Waals surface area contributed by atoms with Crippen LogP contribution >= 0.6 is 11.6 Å². The van der Waals surface area contributed by atoms with Crippen LogP contribution in [0.4, 0.5) is 17.1 Å². The lowest BCUT2D eigenvalue weighted by atomic mass is 10.2. The Morgan fingerprint density at radius 3 is 2.40 bits per heavy atom. The van der Waals surface area contributed by atoms with Crippen molar-refractivity contribution < 1.29 is 0 Å². The van der Waals surface area contributed by atoms with Gasteiger partial charge in [-0.3, -0.25) is 0 Å². The Morgan fingerprint density at radius 2 is 1.73 bits per heavy atom. The molecule has 0 aliphatic heterocycles. The summed E-state index contributed by atoms with van der Waals surface area (Å²) in [7, 11) is 0. The van der Waals surface area contributed by atoms with E-state index in [1.54, 1.807) is 6.07 Å². The van der Waals surface area contributed by atoms with Crippen molar-refractivity contribution in [3.05, 3.63) is 53.6 Å². The molecule has 0 fully saturated rings. The smallest absolute Gasteiger partial charge is 0.0661 e. The van der Waals surface area contributed by atoms with E-state index in [2.05, 4.69) is 5.32 Å². The molecule has 3 heteroatoms. The van der Waals surface area contributed by atoms with Crippen LogP contribution in [0.5, 0.6) is 0 Å². The third kappa shape index (κ3) is 2.42. The summed E-state index contributed by atoms with van der Waals surface area (Å²) in [6.45, 7) is 0. The number of halogens is 1. The molecule has 0 bridgehead atoms. The Morgan fingerprint density at radius 1 is 1.00 bits per heavy atom. The first-order valence-electron chi connectivity index (χ1n) is 4.63. The third-order valence-electron chi connectivity index (χ3n) is 2.05. The van der Waals surface area contributed by atoms with Crippen molar-refractivity contribution in [2.24, 2.45) is 0 Å². The van der Waals surface area contributed by atoms with Crippen LogP contribution in [0.15, 0.2) is 48.5 Å². The molecule has 15 heavy (non-hydrogen) atoms. The van der Waals surface area contributed by atoms with Crippen molar-refractivity contribution in [1.82, 2.24) is 0 Å². The fourth-order valence-electron chi connectivity index (χ4n) is 1.31. The van der Waals surface area contributed by atoms with E-state index in [0.29, 0.717) is 10.7 Å². The lowest BCUT2D eigenvalue weighted by Gasteiger charge is -2.08. The maximum absolute atomic E-state index is 6.04. The molecule has 0 atom stereocenters. The van der Waals surface area contributed by atoms with Crippen LogP contribution in [-0.2, 0) is 0 Å². The SMILES string of the molecule is Nc1ccc(Nc2ccccc2)c(Cl)c1. The van der Waals surface area contributed by atoms with Gasteiger partial charge in [0.2, 0.25) is 0 Å². The number of anilines is 3. The van der Waals surface area contributed by atoms with Crippen molar-refractivity contribution in [3.8, 4) is 0 Å². The minimum atomic E-state index is 0.624. The minimum absolute atomic E-state index is 0.624. The second-order valence-corrected chi connectivity index (χ2v) is 3.64. The Balaban J connectivity index is 2.25. The molecule has 0 radical (unpaired) electrons. The lowest BCUT2D eigenvalue weighted by Crippen LogP contribution is -1.92. The van der Waals surface area contributed by atoms with Gasteiger partial charge in [0, 0.05) is 11.4 Å². The number of nitrogen functional groups attached to an aromatic ring is 1. The predicted octanol–water partition coefficient (Wildman–Crippen LogP) is 3.67. The molecule has 0 aliphatic rings. The third-order valence-corrected chi connectivity index (χ3v) is 2.36. The van der Waals surface area contributed by atoms with E-state index < -0.39 is 0 Å². The number of para-hydroxylation sites is 1. The first kappa shape index (κ1) is 9.87. The van der Waals surface area contributed by atoms with E-state index in [4.69, 9.17) is 17.3 Å². The van der Waals surface area contributed by atoms with Crippen LogP contribution in [0.25, 0.3) is 0 Å². The largest absolute Gasteiger partial charge is 0.399 e. The molecule has 0 saturated carbocycles. The fourth-order valence-corrected chi connectivity index (χ4v) is 1.55. The Hall–Kier alpha value is -1.67. The summed E-state index contributed by atoms with van der Waals surface area (Å²) >= 11 is 6.04. The second-order valence-electron chi connectivity index (χ2n) is 3.23.